The number of rotatable bonds is 5. The topological polar surface area (TPSA) is 92.5 Å². The van der Waals surface area contributed by atoms with E-state index in [-0.39, 0.29) is 23.0 Å². The molecule has 6 heteroatoms. The van der Waals surface area contributed by atoms with Crippen molar-refractivity contribution in [1.29, 1.82) is 0 Å². The van der Waals surface area contributed by atoms with E-state index in [1.807, 2.05) is 0 Å². The number of phenolic OH excluding ortho intramolecular Hbond substituents is 1. The Morgan fingerprint density at radius 3 is 2.95 bits per heavy atom. The molecule has 0 spiro atoms. The fraction of sp³-hybridized carbons (Fsp3) is 0.462. The van der Waals surface area contributed by atoms with E-state index >= 15 is 0 Å². The van der Waals surface area contributed by atoms with Crippen LogP contribution in [0.5, 0.6) is 5.75 Å². The molecule has 1 saturated carbocycles. The van der Waals surface area contributed by atoms with Crippen LogP contribution in [0.4, 0.5) is 5.69 Å². The van der Waals surface area contributed by atoms with Gasteiger partial charge in [0.05, 0.1) is 4.92 Å². The van der Waals surface area contributed by atoms with Crippen LogP contribution in [-0.2, 0) is 0 Å². The van der Waals surface area contributed by atoms with Gasteiger partial charge in [-0.3, -0.25) is 14.9 Å². The minimum absolute atomic E-state index is 0.0906. The summed E-state index contributed by atoms with van der Waals surface area (Å²) in [5, 5.41) is 23.0. The minimum atomic E-state index is -0.620. The lowest BCUT2D eigenvalue weighted by molar-refractivity contribution is -0.385. The number of hydrogen-bond acceptors (Lipinski definition) is 4. The van der Waals surface area contributed by atoms with E-state index in [1.54, 1.807) is 0 Å². The van der Waals surface area contributed by atoms with Crippen molar-refractivity contribution < 1.29 is 14.8 Å². The minimum Gasteiger partial charge on any atom is -0.508 e. The zero-order valence-corrected chi connectivity index (χ0v) is 10.6. The Morgan fingerprint density at radius 1 is 1.58 bits per heavy atom. The lowest BCUT2D eigenvalue weighted by Gasteiger charge is -2.05. The van der Waals surface area contributed by atoms with E-state index in [0.29, 0.717) is 5.92 Å². The van der Waals surface area contributed by atoms with Crippen molar-refractivity contribution in [2.24, 2.45) is 5.92 Å². The molecule has 2 rings (SSSR count). The highest BCUT2D eigenvalue weighted by Gasteiger charge is 2.38. The van der Waals surface area contributed by atoms with Gasteiger partial charge >= 0.3 is 0 Å². The Kier molecular flexibility index (Phi) is 3.69. The molecule has 0 radical (unpaired) electrons. The van der Waals surface area contributed by atoms with Crippen LogP contribution >= 0.6 is 0 Å². The summed E-state index contributed by atoms with van der Waals surface area (Å²) in [5.41, 5.74) is -0.380. The number of phenols is 1. The van der Waals surface area contributed by atoms with Gasteiger partial charge in [0.15, 0.2) is 0 Å². The Bertz CT molecular complexity index is 515. The number of hydrogen-bond donors (Lipinski definition) is 2. The normalized spacial score (nSPS) is 20.9. The van der Waals surface area contributed by atoms with Gasteiger partial charge in [0, 0.05) is 12.1 Å². The molecule has 1 aromatic rings. The summed E-state index contributed by atoms with van der Waals surface area (Å²) in [4.78, 5) is 22.2. The molecule has 1 aliphatic rings. The van der Waals surface area contributed by atoms with Crippen molar-refractivity contribution >= 4 is 11.6 Å². The number of nitrogens with zero attached hydrogens (tertiary/aromatic N) is 1. The number of benzene rings is 1. The quantitative estimate of drug-likeness (QED) is 0.630. The summed E-state index contributed by atoms with van der Waals surface area (Å²) < 4.78 is 0. The zero-order chi connectivity index (χ0) is 14.0. The molecule has 102 valence electrons. The van der Waals surface area contributed by atoms with Gasteiger partial charge in [-0.15, -0.1) is 0 Å². The van der Waals surface area contributed by atoms with E-state index in [9.17, 15) is 20.0 Å². The average Bonchev–Trinajstić information content (AvgIpc) is 3.07. The van der Waals surface area contributed by atoms with Crippen LogP contribution in [-0.4, -0.2) is 22.0 Å². The van der Waals surface area contributed by atoms with E-state index in [1.165, 1.54) is 6.07 Å². The molecule has 0 heterocycles. The van der Waals surface area contributed by atoms with Crippen molar-refractivity contribution in [2.75, 3.05) is 0 Å². The Morgan fingerprint density at radius 2 is 2.32 bits per heavy atom. The molecule has 0 aromatic heterocycles. The molecular formula is C13H16N2O4. The first-order valence-corrected chi connectivity index (χ1v) is 6.31. The average molecular weight is 264 g/mol. The highest BCUT2D eigenvalue weighted by molar-refractivity contribution is 5.98. The van der Waals surface area contributed by atoms with Crippen LogP contribution in [0.1, 0.15) is 36.5 Å². The van der Waals surface area contributed by atoms with Gasteiger partial charge in [-0.05, 0) is 30.9 Å². The van der Waals surface area contributed by atoms with Gasteiger partial charge in [0.25, 0.3) is 11.6 Å². The molecule has 1 aromatic carbocycles. The third kappa shape index (κ3) is 3.01. The highest BCUT2D eigenvalue weighted by Crippen LogP contribution is 2.35. The second kappa shape index (κ2) is 5.26. The van der Waals surface area contributed by atoms with Gasteiger partial charge < -0.3 is 10.4 Å². The van der Waals surface area contributed by atoms with Crippen molar-refractivity contribution in [3.05, 3.63) is 33.9 Å². The van der Waals surface area contributed by atoms with Crippen molar-refractivity contribution in [3.63, 3.8) is 0 Å². The third-order valence-electron chi connectivity index (χ3n) is 3.32. The summed E-state index contributed by atoms with van der Waals surface area (Å²) in [6.07, 6.45) is 3.03. The molecule has 6 nitrogen and oxygen atoms in total. The van der Waals surface area contributed by atoms with Gasteiger partial charge in [-0.2, -0.15) is 0 Å². The molecule has 1 amide bonds. The van der Waals surface area contributed by atoms with E-state index in [4.69, 9.17) is 0 Å². The maximum atomic E-state index is 12.0. The Balaban J connectivity index is 2.11. The molecule has 0 saturated heterocycles. The fourth-order valence-electron chi connectivity index (χ4n) is 2.23. The lowest BCUT2D eigenvalue weighted by atomic mass is 10.1. The van der Waals surface area contributed by atoms with Crippen molar-refractivity contribution in [3.8, 4) is 5.75 Å². The van der Waals surface area contributed by atoms with Crippen LogP contribution in [0.25, 0.3) is 0 Å². The molecule has 2 N–H and O–H groups in total. The number of nitro groups is 1. The summed E-state index contributed by atoms with van der Waals surface area (Å²) in [6.45, 7) is 2.08. The predicted molar refractivity (Wildman–Crippen MR) is 69.0 cm³/mol. The molecule has 0 aliphatic heterocycles. The first-order chi connectivity index (χ1) is 9.02. The Hall–Kier alpha value is -2.11. The van der Waals surface area contributed by atoms with Crippen LogP contribution in [0.2, 0.25) is 0 Å². The number of amides is 1. The molecular weight excluding hydrogens is 248 g/mol. The predicted octanol–water partition coefficient (Wildman–Crippen LogP) is 2.22. The number of nitro benzene ring substituents is 1. The summed E-state index contributed by atoms with van der Waals surface area (Å²) in [7, 11) is 0. The smallest absolute Gasteiger partial charge is 0.282 e. The van der Waals surface area contributed by atoms with Crippen LogP contribution < -0.4 is 5.32 Å². The first kappa shape index (κ1) is 13.3. The number of carbonyl (C=O) groups is 1. The first-order valence-electron chi connectivity index (χ1n) is 6.31. The standard InChI is InChI=1S/C13H16N2O4/c1-2-3-8-6-11(8)14-13(17)10-7-9(16)4-5-12(10)15(18)19/h4-5,7-8,11,16H,2-3,6H2,1H3,(H,14,17). The van der Waals surface area contributed by atoms with E-state index in [0.717, 1.165) is 31.4 Å². The summed E-state index contributed by atoms with van der Waals surface area (Å²) in [6, 6.07) is 3.58. The number of carbonyl (C=O) groups excluding carboxylic acids is 1. The molecule has 0 bridgehead atoms. The van der Waals surface area contributed by atoms with Gasteiger partial charge in [-0.1, -0.05) is 13.3 Å². The number of nitrogens with one attached hydrogen (secondary N) is 1. The Labute approximate surface area is 110 Å². The summed E-state index contributed by atoms with van der Waals surface area (Å²) >= 11 is 0. The second-order valence-electron chi connectivity index (χ2n) is 4.82. The van der Waals surface area contributed by atoms with Crippen LogP contribution in [0.3, 0.4) is 0 Å². The zero-order valence-electron chi connectivity index (χ0n) is 10.6. The van der Waals surface area contributed by atoms with Gasteiger partial charge in [-0.25, -0.2) is 0 Å². The van der Waals surface area contributed by atoms with E-state index in [2.05, 4.69) is 12.2 Å². The van der Waals surface area contributed by atoms with Crippen LogP contribution in [0.15, 0.2) is 18.2 Å². The summed E-state index contributed by atoms with van der Waals surface area (Å²) in [5.74, 6) is -0.173. The van der Waals surface area contributed by atoms with Crippen molar-refractivity contribution in [1.82, 2.24) is 5.32 Å². The molecule has 2 atom stereocenters. The maximum Gasteiger partial charge on any atom is 0.282 e. The van der Waals surface area contributed by atoms with Crippen molar-refractivity contribution in [2.45, 2.75) is 32.2 Å². The molecule has 1 fully saturated rings. The third-order valence-corrected chi connectivity index (χ3v) is 3.32. The fourth-order valence-corrected chi connectivity index (χ4v) is 2.23. The second-order valence-corrected chi connectivity index (χ2v) is 4.82. The van der Waals surface area contributed by atoms with Crippen LogP contribution in [0, 0.1) is 16.0 Å². The van der Waals surface area contributed by atoms with Gasteiger partial charge in [0.1, 0.15) is 11.3 Å². The molecule has 2 unspecified atom stereocenters. The van der Waals surface area contributed by atoms with E-state index < -0.39 is 10.8 Å². The monoisotopic (exact) mass is 264 g/mol. The SMILES string of the molecule is CCCC1CC1NC(=O)c1cc(O)ccc1[N+](=O)[O-]. The molecule has 19 heavy (non-hydrogen) atoms. The highest BCUT2D eigenvalue weighted by atomic mass is 16.6. The lowest BCUT2D eigenvalue weighted by Crippen LogP contribution is -2.27. The molecule has 1 aliphatic carbocycles. The largest absolute Gasteiger partial charge is 0.508 e. The van der Waals surface area contributed by atoms with Gasteiger partial charge in [0.2, 0.25) is 0 Å². The number of aromatic hydroxyl groups is 1. The maximum absolute atomic E-state index is 12.0.